The van der Waals surface area contributed by atoms with Crippen LogP contribution in [0.15, 0.2) is 53.5 Å². The van der Waals surface area contributed by atoms with Gasteiger partial charge in [0.15, 0.2) is 0 Å². The molecule has 4 heterocycles. The van der Waals surface area contributed by atoms with Gasteiger partial charge in [0.1, 0.15) is 5.82 Å². The molecule has 6 heteroatoms. The lowest BCUT2D eigenvalue weighted by Gasteiger charge is -2.42. The normalized spacial score (nSPS) is 21.8. The summed E-state index contributed by atoms with van der Waals surface area (Å²) < 4.78 is 15.2. The molecule has 138 valence electrons. The summed E-state index contributed by atoms with van der Waals surface area (Å²) in [5.41, 5.74) is 4.28. The molecule has 1 N–H and O–H groups in total. The van der Waals surface area contributed by atoms with Crippen LogP contribution in [0, 0.1) is 11.7 Å². The molecule has 1 aromatic carbocycles. The second-order valence-corrected chi connectivity index (χ2v) is 7.67. The zero-order valence-corrected chi connectivity index (χ0v) is 14.9. The number of aromatic nitrogens is 3. The molecule has 3 aromatic rings. The molecule has 2 bridgehead atoms. The van der Waals surface area contributed by atoms with E-state index in [1.807, 2.05) is 16.8 Å². The summed E-state index contributed by atoms with van der Waals surface area (Å²) in [5, 5.41) is 7.28. The van der Waals surface area contributed by atoms with Gasteiger partial charge in [-0.15, -0.1) is 0 Å². The van der Waals surface area contributed by atoms with E-state index in [2.05, 4.69) is 21.2 Å². The number of halogens is 1. The van der Waals surface area contributed by atoms with Crippen LogP contribution >= 0.6 is 0 Å². The Hall–Kier alpha value is -2.73. The van der Waals surface area contributed by atoms with Crippen LogP contribution in [0.1, 0.15) is 23.6 Å². The Morgan fingerprint density at radius 3 is 2.81 bits per heavy atom. The van der Waals surface area contributed by atoms with Crippen molar-refractivity contribution in [3.63, 3.8) is 0 Å². The van der Waals surface area contributed by atoms with Gasteiger partial charge in [-0.05, 0) is 42.7 Å². The summed E-state index contributed by atoms with van der Waals surface area (Å²) in [6.45, 7) is 3.52. The summed E-state index contributed by atoms with van der Waals surface area (Å²) in [4.78, 5) is 14.6. The third kappa shape index (κ3) is 3.00. The number of hydrogen-bond donors (Lipinski definition) is 1. The third-order valence-corrected chi connectivity index (χ3v) is 5.80. The minimum Gasteiger partial charge on any atom is -0.312 e. The lowest BCUT2D eigenvalue weighted by molar-refractivity contribution is 0.114. The summed E-state index contributed by atoms with van der Waals surface area (Å²) in [6, 6.07) is 12.1. The highest BCUT2D eigenvalue weighted by Gasteiger charge is 2.34. The van der Waals surface area contributed by atoms with Gasteiger partial charge in [0.05, 0.1) is 11.9 Å². The van der Waals surface area contributed by atoms with Crippen LogP contribution in [-0.4, -0.2) is 32.8 Å². The van der Waals surface area contributed by atoms with Crippen molar-refractivity contribution in [3.8, 4) is 11.3 Å². The Balaban J connectivity index is 1.39. The first-order valence-corrected chi connectivity index (χ1v) is 9.37. The maximum absolute atomic E-state index is 13.2. The Labute approximate surface area is 156 Å². The van der Waals surface area contributed by atoms with Gasteiger partial charge in [0.2, 0.25) is 0 Å². The number of pyridine rings is 1. The van der Waals surface area contributed by atoms with E-state index in [1.54, 1.807) is 18.2 Å². The summed E-state index contributed by atoms with van der Waals surface area (Å²) >= 11 is 0. The van der Waals surface area contributed by atoms with Crippen LogP contribution in [0.4, 0.5) is 4.39 Å². The molecular formula is C21H21FN4O. The third-order valence-electron chi connectivity index (χ3n) is 5.80. The van der Waals surface area contributed by atoms with Crippen LogP contribution in [0.3, 0.4) is 0 Å². The fourth-order valence-corrected chi connectivity index (χ4v) is 4.66. The molecule has 1 saturated heterocycles. The maximum Gasteiger partial charge on any atom is 0.250 e. The van der Waals surface area contributed by atoms with Crippen molar-refractivity contribution in [1.82, 2.24) is 19.7 Å². The standard InChI is InChI=1S/C21H21FN4O/c22-18-6-4-15(5-7-18)21-17(9-23-24-21)13-25-10-14-8-16(12-25)19-2-1-3-20(27)26(19)11-14/h1-7,9,14,16H,8,10-13H2,(H,23,24)/t14-,16+/m1/s1. The zero-order valence-electron chi connectivity index (χ0n) is 14.9. The van der Waals surface area contributed by atoms with Crippen molar-refractivity contribution in [2.45, 2.75) is 25.4 Å². The van der Waals surface area contributed by atoms with E-state index in [4.69, 9.17) is 0 Å². The fourth-order valence-electron chi connectivity index (χ4n) is 4.66. The van der Waals surface area contributed by atoms with Crippen molar-refractivity contribution in [3.05, 3.63) is 76.1 Å². The predicted molar refractivity (Wildman–Crippen MR) is 101 cm³/mol. The van der Waals surface area contributed by atoms with Gasteiger partial charge in [-0.25, -0.2) is 4.39 Å². The molecule has 0 unspecified atom stereocenters. The van der Waals surface area contributed by atoms with Gasteiger partial charge >= 0.3 is 0 Å². The molecule has 0 amide bonds. The smallest absolute Gasteiger partial charge is 0.250 e. The van der Waals surface area contributed by atoms with Gasteiger partial charge in [-0.1, -0.05) is 6.07 Å². The lowest BCUT2D eigenvalue weighted by atomic mass is 9.83. The Bertz CT molecular complexity index is 1020. The molecule has 2 atom stereocenters. The Kier molecular flexibility index (Phi) is 3.93. The second-order valence-electron chi connectivity index (χ2n) is 7.67. The summed E-state index contributed by atoms with van der Waals surface area (Å²) in [7, 11) is 0. The van der Waals surface area contributed by atoms with E-state index >= 15 is 0 Å². The van der Waals surface area contributed by atoms with Gasteiger partial charge in [0.25, 0.3) is 5.56 Å². The highest BCUT2D eigenvalue weighted by Crippen LogP contribution is 2.36. The number of H-pyrrole nitrogens is 1. The molecule has 0 spiro atoms. The molecule has 0 radical (unpaired) electrons. The van der Waals surface area contributed by atoms with Crippen molar-refractivity contribution >= 4 is 0 Å². The van der Waals surface area contributed by atoms with E-state index in [0.717, 1.165) is 55.1 Å². The van der Waals surface area contributed by atoms with Crippen molar-refractivity contribution < 1.29 is 4.39 Å². The van der Waals surface area contributed by atoms with Crippen LogP contribution in [0.2, 0.25) is 0 Å². The van der Waals surface area contributed by atoms with Gasteiger partial charge in [0, 0.05) is 55.0 Å². The second kappa shape index (κ2) is 6.46. The lowest BCUT2D eigenvalue weighted by Crippen LogP contribution is -2.46. The molecule has 0 aliphatic carbocycles. The van der Waals surface area contributed by atoms with Crippen LogP contribution in [-0.2, 0) is 13.1 Å². The minimum atomic E-state index is -0.238. The molecule has 2 aromatic heterocycles. The Morgan fingerprint density at radius 2 is 1.96 bits per heavy atom. The van der Waals surface area contributed by atoms with Crippen LogP contribution < -0.4 is 5.56 Å². The van der Waals surface area contributed by atoms with Crippen LogP contribution in [0.5, 0.6) is 0 Å². The first-order valence-electron chi connectivity index (χ1n) is 9.37. The van der Waals surface area contributed by atoms with E-state index in [-0.39, 0.29) is 11.4 Å². The number of nitrogens with zero attached hydrogens (tertiary/aromatic N) is 3. The van der Waals surface area contributed by atoms with E-state index in [9.17, 15) is 9.18 Å². The van der Waals surface area contributed by atoms with E-state index in [1.165, 1.54) is 12.1 Å². The molecule has 5 rings (SSSR count). The number of likely N-dealkylation sites (tertiary alicyclic amines) is 1. The molecule has 1 fully saturated rings. The average Bonchev–Trinajstić information content (AvgIpc) is 3.11. The van der Waals surface area contributed by atoms with Crippen molar-refractivity contribution in [1.29, 1.82) is 0 Å². The molecular weight excluding hydrogens is 343 g/mol. The number of benzene rings is 1. The predicted octanol–water partition coefficient (Wildman–Crippen LogP) is 3.00. The first kappa shape index (κ1) is 16.4. The van der Waals surface area contributed by atoms with Gasteiger partial charge < -0.3 is 4.57 Å². The number of aromatic amines is 1. The van der Waals surface area contributed by atoms with E-state index < -0.39 is 0 Å². The number of fused-ring (bicyclic) bond motifs is 4. The van der Waals surface area contributed by atoms with Gasteiger partial charge in [-0.2, -0.15) is 5.10 Å². The number of piperidine rings is 1. The summed E-state index contributed by atoms with van der Waals surface area (Å²) in [5.74, 6) is 0.655. The van der Waals surface area contributed by atoms with Gasteiger partial charge in [-0.3, -0.25) is 14.8 Å². The highest BCUT2D eigenvalue weighted by molar-refractivity contribution is 5.62. The largest absolute Gasteiger partial charge is 0.312 e. The average molecular weight is 364 g/mol. The Morgan fingerprint density at radius 1 is 1.11 bits per heavy atom. The SMILES string of the molecule is O=c1cccc2n1C[C@@H]1C[C@H]2CN(Cc2cn[nH]c2-c2ccc(F)cc2)C1. The van der Waals surface area contributed by atoms with E-state index in [0.29, 0.717) is 11.8 Å². The maximum atomic E-state index is 13.2. The highest BCUT2D eigenvalue weighted by atomic mass is 19.1. The molecule has 27 heavy (non-hydrogen) atoms. The first-order chi connectivity index (χ1) is 13.2. The zero-order chi connectivity index (χ0) is 18.4. The summed E-state index contributed by atoms with van der Waals surface area (Å²) in [6.07, 6.45) is 3.01. The quantitative estimate of drug-likeness (QED) is 0.777. The molecule has 5 nitrogen and oxygen atoms in total. The number of hydrogen-bond acceptors (Lipinski definition) is 3. The fraction of sp³-hybridized carbons (Fsp3) is 0.333. The molecule has 2 aliphatic heterocycles. The monoisotopic (exact) mass is 364 g/mol. The molecule has 0 saturated carbocycles. The van der Waals surface area contributed by atoms with Crippen molar-refractivity contribution in [2.75, 3.05) is 13.1 Å². The number of rotatable bonds is 3. The van der Waals surface area contributed by atoms with Crippen LogP contribution in [0.25, 0.3) is 11.3 Å². The minimum absolute atomic E-state index is 0.115. The number of nitrogens with one attached hydrogen (secondary N) is 1. The topological polar surface area (TPSA) is 53.9 Å². The van der Waals surface area contributed by atoms with Crippen molar-refractivity contribution in [2.24, 2.45) is 5.92 Å². The molecule has 2 aliphatic rings.